The van der Waals surface area contributed by atoms with E-state index in [0.29, 0.717) is 17.6 Å². The molecule has 0 fully saturated rings. The fourth-order valence-electron chi connectivity index (χ4n) is 6.22. The Morgan fingerprint density at radius 2 is 1.60 bits per heavy atom. The van der Waals surface area contributed by atoms with Crippen molar-refractivity contribution in [2.75, 3.05) is 13.1 Å². The zero-order chi connectivity index (χ0) is 31.3. The van der Waals surface area contributed by atoms with Crippen molar-refractivity contribution in [2.45, 2.75) is 94.4 Å². The molecule has 0 saturated carbocycles. The number of Topliss-reactive ketones (excluding diaryl/α,β-unsaturated/α-hetero) is 3. The maximum atomic E-state index is 14.0. The Kier molecular flexibility index (Phi) is 11.0. The van der Waals surface area contributed by atoms with Crippen molar-refractivity contribution in [3.63, 3.8) is 0 Å². The summed E-state index contributed by atoms with van der Waals surface area (Å²) in [5.41, 5.74) is 6.86. The third-order valence-electron chi connectivity index (χ3n) is 8.54. The second-order valence-electron chi connectivity index (χ2n) is 12.3. The van der Waals surface area contributed by atoms with Crippen molar-refractivity contribution >= 4 is 28.9 Å². The fraction of sp³-hybridized carbons (Fsp3) is 0.528. The molecule has 0 bridgehead atoms. The van der Waals surface area contributed by atoms with E-state index in [4.69, 9.17) is 4.99 Å². The van der Waals surface area contributed by atoms with E-state index in [-0.39, 0.29) is 23.1 Å². The van der Waals surface area contributed by atoms with Gasteiger partial charge >= 0.3 is 0 Å². The molecule has 0 radical (unpaired) electrons. The highest BCUT2D eigenvalue weighted by atomic mass is 16.2. The molecule has 6 nitrogen and oxygen atoms in total. The standard InChI is InChI=1S/C36H47N3O3/c1-10-12-14-39(15-13-11-2)30-19-27(33(38-30)31-23(6)16-22(5)17-24(31)7)18-28-25(8)29(20-37)36(42)32(35(28)41)26(9)34(40)21(3)4/h16-18,21,26,32H,10-15,19H2,1-9H3/b28-18-. The Hall–Kier alpha value is -3.59. The van der Waals surface area contributed by atoms with E-state index in [1.165, 1.54) is 5.56 Å². The minimum absolute atomic E-state index is 0.0363. The van der Waals surface area contributed by atoms with Gasteiger partial charge in [-0.05, 0) is 68.9 Å². The van der Waals surface area contributed by atoms with Crippen LogP contribution < -0.4 is 0 Å². The number of nitrogens with zero attached hydrogens (tertiary/aromatic N) is 3. The molecule has 0 amide bonds. The summed E-state index contributed by atoms with van der Waals surface area (Å²) in [5, 5.41) is 9.96. The third kappa shape index (κ3) is 6.72. The molecular weight excluding hydrogens is 522 g/mol. The molecule has 0 aromatic heterocycles. The minimum Gasteiger partial charge on any atom is -0.360 e. The Morgan fingerprint density at radius 1 is 1.02 bits per heavy atom. The molecule has 1 aromatic rings. The van der Waals surface area contributed by atoms with Gasteiger partial charge in [0.05, 0.1) is 17.2 Å². The van der Waals surface area contributed by atoms with Gasteiger partial charge in [0.25, 0.3) is 0 Å². The summed E-state index contributed by atoms with van der Waals surface area (Å²) in [5.74, 6) is -2.43. The van der Waals surface area contributed by atoms with Crippen molar-refractivity contribution < 1.29 is 14.4 Å². The van der Waals surface area contributed by atoms with Gasteiger partial charge in [0.1, 0.15) is 17.7 Å². The summed E-state index contributed by atoms with van der Waals surface area (Å²) in [4.78, 5) is 47.9. The van der Waals surface area contributed by atoms with Crippen LogP contribution in [-0.4, -0.2) is 41.2 Å². The predicted octanol–water partition coefficient (Wildman–Crippen LogP) is 7.42. The monoisotopic (exact) mass is 569 g/mol. The number of aryl methyl sites for hydroxylation is 3. The van der Waals surface area contributed by atoms with Crippen LogP contribution in [0.1, 0.15) is 95.9 Å². The molecule has 1 aliphatic heterocycles. The highest BCUT2D eigenvalue weighted by Crippen LogP contribution is 2.39. The molecule has 6 heteroatoms. The van der Waals surface area contributed by atoms with Crippen molar-refractivity contribution in [1.29, 1.82) is 5.26 Å². The molecule has 1 aliphatic carbocycles. The molecule has 1 heterocycles. The van der Waals surface area contributed by atoms with Gasteiger partial charge in [0.2, 0.25) is 0 Å². The third-order valence-corrected chi connectivity index (χ3v) is 8.54. The Balaban J connectivity index is 2.24. The molecule has 0 N–H and O–H groups in total. The number of amidine groups is 1. The van der Waals surface area contributed by atoms with Crippen molar-refractivity contribution in [3.8, 4) is 6.07 Å². The number of allylic oxidation sites excluding steroid dienone is 4. The number of hydrogen-bond acceptors (Lipinski definition) is 6. The van der Waals surface area contributed by atoms with Crippen LogP contribution in [-0.2, 0) is 14.4 Å². The van der Waals surface area contributed by atoms with Crippen molar-refractivity contribution in [1.82, 2.24) is 4.90 Å². The normalized spacial score (nSPS) is 19.1. The van der Waals surface area contributed by atoms with Crippen molar-refractivity contribution in [2.24, 2.45) is 22.7 Å². The lowest BCUT2D eigenvalue weighted by molar-refractivity contribution is -0.138. The first-order valence-electron chi connectivity index (χ1n) is 15.5. The molecular formula is C36H47N3O3. The summed E-state index contributed by atoms with van der Waals surface area (Å²) < 4.78 is 0. The van der Waals surface area contributed by atoms with E-state index < -0.39 is 17.6 Å². The number of hydrogen-bond donors (Lipinski definition) is 0. The van der Waals surface area contributed by atoms with E-state index in [1.807, 2.05) is 12.1 Å². The molecule has 1 aromatic carbocycles. The maximum Gasteiger partial charge on any atom is 0.185 e. The number of carbonyl (C=O) groups is 3. The first-order chi connectivity index (χ1) is 19.9. The van der Waals surface area contributed by atoms with E-state index >= 15 is 0 Å². The quantitative estimate of drug-likeness (QED) is 0.204. The topological polar surface area (TPSA) is 90.6 Å². The molecule has 42 heavy (non-hydrogen) atoms. The smallest absolute Gasteiger partial charge is 0.185 e. The molecule has 2 unspecified atom stereocenters. The number of unbranched alkanes of at least 4 members (excludes halogenated alkanes) is 2. The lowest BCUT2D eigenvalue weighted by Gasteiger charge is -2.28. The Bertz CT molecular complexity index is 1400. The number of ketones is 3. The first-order valence-corrected chi connectivity index (χ1v) is 15.5. The highest BCUT2D eigenvalue weighted by molar-refractivity contribution is 6.24. The fourth-order valence-corrected chi connectivity index (χ4v) is 6.22. The lowest BCUT2D eigenvalue weighted by atomic mass is 9.71. The van der Waals surface area contributed by atoms with Gasteiger partial charge in [-0.15, -0.1) is 0 Å². The summed E-state index contributed by atoms with van der Waals surface area (Å²) in [6, 6.07) is 6.35. The minimum atomic E-state index is -1.19. The van der Waals surface area contributed by atoms with Gasteiger partial charge in [0, 0.05) is 42.5 Å². The Morgan fingerprint density at radius 3 is 2.10 bits per heavy atom. The van der Waals surface area contributed by atoms with Gasteiger partial charge in [-0.25, -0.2) is 4.99 Å². The largest absolute Gasteiger partial charge is 0.360 e. The van der Waals surface area contributed by atoms with Gasteiger partial charge in [-0.3, -0.25) is 14.4 Å². The highest BCUT2D eigenvalue weighted by Gasteiger charge is 2.44. The van der Waals surface area contributed by atoms with E-state index in [2.05, 4.69) is 51.7 Å². The molecule has 3 rings (SSSR count). The van der Waals surface area contributed by atoms with Gasteiger partial charge in [-0.1, -0.05) is 65.2 Å². The van der Waals surface area contributed by atoms with Crippen LogP contribution in [0.4, 0.5) is 0 Å². The van der Waals surface area contributed by atoms with Crippen LogP contribution >= 0.6 is 0 Å². The molecule has 2 aliphatic rings. The summed E-state index contributed by atoms with van der Waals surface area (Å²) in [7, 11) is 0. The van der Waals surface area contributed by atoms with Crippen LogP contribution in [0.3, 0.4) is 0 Å². The van der Waals surface area contributed by atoms with Crippen LogP contribution in [0.25, 0.3) is 5.70 Å². The molecule has 0 spiro atoms. The van der Waals surface area contributed by atoms with E-state index in [0.717, 1.165) is 72.6 Å². The summed E-state index contributed by atoms with van der Waals surface area (Å²) >= 11 is 0. The summed E-state index contributed by atoms with van der Waals surface area (Å²) in [6.45, 7) is 19.3. The SMILES string of the molecule is CCCCN(CCCC)C1=NC(c2c(C)cc(C)cc2C)=C(/C=C2\C(=O)C(C(C)C(=O)C(C)C)C(=O)C(C#N)=C2C)C1. The Labute approximate surface area is 252 Å². The molecule has 224 valence electrons. The number of carbonyl (C=O) groups excluding carboxylic acids is 3. The summed E-state index contributed by atoms with van der Waals surface area (Å²) in [6.07, 6.45) is 6.70. The lowest BCUT2D eigenvalue weighted by Crippen LogP contribution is -2.40. The van der Waals surface area contributed by atoms with Crippen LogP contribution in [0.15, 0.2) is 45.5 Å². The number of nitriles is 1. The number of benzene rings is 1. The average molecular weight is 570 g/mol. The zero-order valence-electron chi connectivity index (χ0n) is 27.0. The second-order valence-corrected chi connectivity index (χ2v) is 12.3. The number of rotatable bonds is 11. The first kappa shape index (κ1) is 32.9. The van der Waals surface area contributed by atoms with Crippen molar-refractivity contribution in [3.05, 3.63) is 62.8 Å². The van der Waals surface area contributed by atoms with Gasteiger partial charge in [-0.2, -0.15) is 5.26 Å². The molecule has 0 saturated heterocycles. The van der Waals surface area contributed by atoms with Crippen LogP contribution in [0.5, 0.6) is 0 Å². The van der Waals surface area contributed by atoms with Gasteiger partial charge in [0.15, 0.2) is 11.6 Å². The second kappa shape index (κ2) is 14.1. The molecule has 2 atom stereocenters. The predicted molar refractivity (Wildman–Crippen MR) is 170 cm³/mol. The average Bonchev–Trinajstić information content (AvgIpc) is 3.33. The van der Waals surface area contributed by atoms with Crippen LogP contribution in [0, 0.1) is 49.9 Å². The zero-order valence-corrected chi connectivity index (χ0v) is 27.0. The maximum absolute atomic E-state index is 14.0. The van der Waals surface area contributed by atoms with E-state index in [9.17, 15) is 19.6 Å². The van der Waals surface area contributed by atoms with E-state index in [1.54, 1.807) is 27.7 Å². The van der Waals surface area contributed by atoms with Crippen LogP contribution in [0.2, 0.25) is 0 Å². The van der Waals surface area contributed by atoms with Gasteiger partial charge < -0.3 is 4.90 Å². The number of aliphatic imine (C=N–C) groups is 1.